The van der Waals surface area contributed by atoms with Crippen LogP contribution in [0.15, 0.2) is 53.7 Å². The molecule has 14 nitrogen and oxygen atoms in total. The van der Waals surface area contributed by atoms with Crippen molar-refractivity contribution in [3.63, 3.8) is 0 Å². The average molecular weight is 626 g/mol. The summed E-state index contributed by atoms with van der Waals surface area (Å²) in [7, 11) is 0. The summed E-state index contributed by atoms with van der Waals surface area (Å²) in [6.45, 7) is 6.63. The second kappa shape index (κ2) is 14.7. The number of carbonyl (C=O) groups is 5. The number of nitrogens with one attached hydrogen (secondary N) is 1. The molecule has 240 valence electrons. The molecule has 1 N–H and O–H groups in total. The van der Waals surface area contributed by atoms with E-state index in [1.165, 1.54) is 18.7 Å². The van der Waals surface area contributed by atoms with Gasteiger partial charge >= 0.3 is 17.9 Å². The van der Waals surface area contributed by atoms with Crippen LogP contribution in [0.2, 0.25) is 0 Å². The summed E-state index contributed by atoms with van der Waals surface area (Å²) in [5.74, 6) is -2.51. The van der Waals surface area contributed by atoms with Crippen molar-refractivity contribution in [2.24, 2.45) is 5.16 Å². The molecule has 2 amide bonds. The summed E-state index contributed by atoms with van der Waals surface area (Å²) in [5.41, 5.74) is 2.11. The molecule has 5 atom stereocenters. The zero-order valence-electron chi connectivity index (χ0n) is 25.5. The second-order valence-electron chi connectivity index (χ2n) is 10.4. The number of aryl methyl sites for hydroxylation is 1. The number of esters is 3. The van der Waals surface area contributed by atoms with Gasteiger partial charge in [-0.3, -0.25) is 24.0 Å². The number of oxime groups is 1. The Morgan fingerprint density at radius 3 is 2.22 bits per heavy atom. The van der Waals surface area contributed by atoms with Gasteiger partial charge in [0.2, 0.25) is 5.91 Å². The van der Waals surface area contributed by atoms with Crippen LogP contribution in [0, 0.1) is 6.92 Å². The van der Waals surface area contributed by atoms with Crippen LogP contribution in [0.5, 0.6) is 5.75 Å². The van der Waals surface area contributed by atoms with Crippen molar-refractivity contribution >= 4 is 41.1 Å². The van der Waals surface area contributed by atoms with E-state index in [1.807, 2.05) is 31.2 Å². The van der Waals surface area contributed by atoms with E-state index in [0.29, 0.717) is 17.0 Å². The highest BCUT2D eigenvalue weighted by Gasteiger charge is 2.52. The van der Waals surface area contributed by atoms with E-state index in [-0.39, 0.29) is 18.9 Å². The van der Waals surface area contributed by atoms with E-state index in [2.05, 4.69) is 10.5 Å². The van der Waals surface area contributed by atoms with Gasteiger partial charge in [-0.15, -0.1) is 0 Å². The van der Waals surface area contributed by atoms with Gasteiger partial charge < -0.3 is 38.7 Å². The lowest BCUT2D eigenvalue weighted by Gasteiger charge is -2.43. The Kier molecular flexibility index (Phi) is 10.7. The number of nitrogens with zero attached hydrogens (tertiary/aromatic N) is 2. The van der Waals surface area contributed by atoms with E-state index < -0.39 is 67.0 Å². The number of rotatable bonds is 11. The molecule has 1 saturated heterocycles. The number of carbonyl (C=O) groups excluding carboxylic acids is 5. The Morgan fingerprint density at radius 1 is 0.911 bits per heavy atom. The van der Waals surface area contributed by atoms with Crippen molar-refractivity contribution in [3.8, 4) is 5.75 Å². The Balaban J connectivity index is 1.61. The fourth-order valence-electron chi connectivity index (χ4n) is 4.95. The van der Waals surface area contributed by atoms with Gasteiger partial charge in [0.15, 0.2) is 17.9 Å². The SMILES string of the molecule is CC(=O)N[C@@H]1[C@H](O/N=C2/C(=O)N(CCOc3ccc(C)cc3)c3ccccc32)O[C@H](COC(C)=O)[C@H](OC(C)=O)[C@@H]1OC(C)=O. The van der Waals surface area contributed by atoms with Gasteiger partial charge in [0.25, 0.3) is 12.2 Å². The summed E-state index contributed by atoms with van der Waals surface area (Å²) in [6.07, 6.45) is -5.30. The summed E-state index contributed by atoms with van der Waals surface area (Å²) in [6, 6.07) is 13.3. The highest BCUT2D eigenvalue weighted by Crippen LogP contribution is 2.31. The summed E-state index contributed by atoms with van der Waals surface area (Å²) in [4.78, 5) is 68.7. The number of benzene rings is 2. The van der Waals surface area contributed by atoms with E-state index in [0.717, 1.165) is 19.4 Å². The molecule has 0 aromatic heterocycles. The summed E-state index contributed by atoms with van der Waals surface area (Å²) < 4.78 is 27.8. The number of anilines is 1. The summed E-state index contributed by atoms with van der Waals surface area (Å²) in [5, 5.41) is 6.73. The molecule has 0 bridgehead atoms. The van der Waals surface area contributed by atoms with Crippen molar-refractivity contribution in [2.75, 3.05) is 24.7 Å². The van der Waals surface area contributed by atoms with Crippen LogP contribution in [0.1, 0.15) is 38.8 Å². The minimum atomic E-state index is -1.48. The average Bonchev–Trinajstić information content (AvgIpc) is 3.24. The maximum atomic E-state index is 13.6. The lowest BCUT2D eigenvalue weighted by molar-refractivity contribution is -0.278. The lowest BCUT2D eigenvalue weighted by Crippen LogP contribution is -2.66. The molecule has 0 spiro atoms. The zero-order valence-corrected chi connectivity index (χ0v) is 25.5. The van der Waals surface area contributed by atoms with Crippen LogP contribution in [-0.2, 0) is 47.8 Å². The monoisotopic (exact) mass is 625 g/mol. The molecule has 2 aliphatic heterocycles. The molecule has 2 aromatic carbocycles. The number of para-hydroxylation sites is 1. The lowest BCUT2D eigenvalue weighted by atomic mass is 9.96. The van der Waals surface area contributed by atoms with Gasteiger partial charge in [0.1, 0.15) is 31.1 Å². The smallest absolute Gasteiger partial charge is 0.303 e. The van der Waals surface area contributed by atoms with Gasteiger partial charge in [-0.2, -0.15) is 0 Å². The Labute approximate surface area is 259 Å². The molecule has 45 heavy (non-hydrogen) atoms. The third kappa shape index (κ3) is 8.35. The minimum Gasteiger partial charge on any atom is -0.492 e. The van der Waals surface area contributed by atoms with Crippen molar-refractivity contribution in [1.82, 2.24) is 5.32 Å². The van der Waals surface area contributed by atoms with Crippen LogP contribution >= 0.6 is 0 Å². The fraction of sp³-hybridized carbons (Fsp3) is 0.419. The van der Waals surface area contributed by atoms with E-state index in [4.69, 9.17) is 28.5 Å². The molecule has 4 rings (SSSR count). The highest BCUT2D eigenvalue weighted by atomic mass is 16.8. The standard InChI is InChI=1S/C31H35N3O11/c1-17-10-12-22(13-11-17)40-15-14-34-24-9-7-6-8-23(24)26(30(34)39)33-45-31-27(32-18(2)35)29(43-21(5)38)28(42-20(4)37)25(44-31)16-41-19(3)36/h6-13,25,27-29,31H,14-16H2,1-5H3,(H,32,35)/b33-26+/t25-,27+,28+,29-,31+/m1/s1. The van der Waals surface area contributed by atoms with E-state index in [9.17, 15) is 24.0 Å². The maximum absolute atomic E-state index is 13.6. The molecular formula is C31H35N3O11. The molecule has 1 fully saturated rings. The van der Waals surface area contributed by atoms with Crippen LogP contribution in [-0.4, -0.2) is 85.8 Å². The molecule has 0 aliphatic carbocycles. The molecule has 0 saturated carbocycles. The molecule has 2 aromatic rings. The van der Waals surface area contributed by atoms with Crippen molar-refractivity contribution in [1.29, 1.82) is 0 Å². The molecule has 2 aliphatic rings. The predicted octanol–water partition coefficient (Wildman–Crippen LogP) is 1.80. The number of amides is 2. The second-order valence-corrected chi connectivity index (χ2v) is 10.4. The first-order chi connectivity index (χ1) is 21.4. The normalized spacial score (nSPS) is 23.1. The maximum Gasteiger partial charge on any atom is 0.303 e. The van der Waals surface area contributed by atoms with Crippen LogP contribution in [0.4, 0.5) is 5.69 Å². The minimum absolute atomic E-state index is 0.0474. The Bertz CT molecular complexity index is 1460. The van der Waals surface area contributed by atoms with Gasteiger partial charge in [-0.25, -0.2) is 0 Å². The fourth-order valence-corrected chi connectivity index (χ4v) is 4.95. The molecular weight excluding hydrogens is 590 g/mol. The van der Waals surface area contributed by atoms with Crippen LogP contribution in [0.3, 0.4) is 0 Å². The Hall–Kier alpha value is -4.98. The molecule has 2 heterocycles. The number of fused-ring (bicyclic) bond motifs is 1. The van der Waals surface area contributed by atoms with Crippen molar-refractivity contribution in [3.05, 3.63) is 59.7 Å². The van der Waals surface area contributed by atoms with Crippen molar-refractivity contribution in [2.45, 2.75) is 65.3 Å². The first-order valence-electron chi connectivity index (χ1n) is 14.2. The van der Waals surface area contributed by atoms with Gasteiger partial charge in [-0.1, -0.05) is 41.1 Å². The van der Waals surface area contributed by atoms with Gasteiger partial charge in [-0.05, 0) is 25.1 Å². The first kappa shape index (κ1) is 32.9. The van der Waals surface area contributed by atoms with Gasteiger partial charge in [0.05, 0.1) is 12.2 Å². The topological polar surface area (TPSA) is 168 Å². The van der Waals surface area contributed by atoms with E-state index >= 15 is 0 Å². The first-order valence-corrected chi connectivity index (χ1v) is 14.2. The Morgan fingerprint density at radius 2 is 1.58 bits per heavy atom. The number of hydrogen-bond acceptors (Lipinski definition) is 12. The molecule has 14 heteroatoms. The summed E-state index contributed by atoms with van der Waals surface area (Å²) >= 11 is 0. The third-order valence-corrected chi connectivity index (χ3v) is 6.82. The van der Waals surface area contributed by atoms with Crippen LogP contribution in [0.25, 0.3) is 0 Å². The quantitative estimate of drug-likeness (QED) is 0.220. The van der Waals surface area contributed by atoms with Crippen molar-refractivity contribution < 1.29 is 52.5 Å². The highest BCUT2D eigenvalue weighted by molar-refractivity contribution is 6.54. The third-order valence-electron chi connectivity index (χ3n) is 6.82. The van der Waals surface area contributed by atoms with Crippen LogP contribution < -0.4 is 15.0 Å². The largest absolute Gasteiger partial charge is 0.492 e. The zero-order chi connectivity index (χ0) is 32.7. The van der Waals surface area contributed by atoms with E-state index in [1.54, 1.807) is 24.3 Å². The predicted molar refractivity (Wildman–Crippen MR) is 157 cm³/mol. The number of ether oxygens (including phenoxy) is 5. The number of hydrogen-bond donors (Lipinski definition) is 1. The van der Waals surface area contributed by atoms with Gasteiger partial charge in [0, 0.05) is 33.3 Å². The molecule has 0 unspecified atom stereocenters. The molecule has 0 radical (unpaired) electrons.